The molecule has 0 atom stereocenters. The summed E-state index contributed by atoms with van der Waals surface area (Å²) in [4.78, 5) is 11.2. The van der Waals surface area contributed by atoms with E-state index in [1.165, 1.54) is 0 Å². The summed E-state index contributed by atoms with van der Waals surface area (Å²) >= 11 is 0. The first-order valence-corrected chi connectivity index (χ1v) is 4.95. The first-order valence-electron chi connectivity index (χ1n) is 3.24. The molecule has 0 aliphatic carbocycles. The van der Waals surface area contributed by atoms with E-state index in [4.69, 9.17) is 5.11 Å². The van der Waals surface area contributed by atoms with E-state index < -0.39 is 28.0 Å². The van der Waals surface area contributed by atoms with E-state index in [1.54, 1.807) is 13.8 Å². The van der Waals surface area contributed by atoms with Gasteiger partial charge in [0.05, 0.1) is 0 Å². The van der Waals surface area contributed by atoms with Crippen LogP contribution in [0.2, 0.25) is 0 Å². The van der Waals surface area contributed by atoms with Gasteiger partial charge in [0.2, 0.25) is 10.0 Å². The van der Waals surface area contributed by atoms with Crippen LogP contribution in [0.3, 0.4) is 0 Å². The van der Waals surface area contributed by atoms with Gasteiger partial charge in [0, 0.05) is 6.04 Å². The van der Waals surface area contributed by atoms with Crippen LogP contribution in [-0.4, -0.2) is 36.4 Å². The Morgan fingerprint density at radius 1 is 1.58 bits per heavy atom. The molecule has 72 valence electrons. The van der Waals surface area contributed by atoms with Gasteiger partial charge in [0.15, 0.2) is 0 Å². The van der Waals surface area contributed by atoms with Crippen molar-refractivity contribution in [2.45, 2.75) is 19.9 Å². The highest BCUT2D eigenvalue weighted by Crippen LogP contribution is 1.99. The molecule has 3 N–H and O–H groups in total. The highest BCUT2D eigenvalue weighted by molar-refractivity contribution is 7.89. The fourth-order valence-electron chi connectivity index (χ4n) is 0.619. The minimum absolute atomic E-state index is 0.402. The van der Waals surface area contributed by atoms with Gasteiger partial charge in [-0.15, -0.1) is 0 Å². The summed E-state index contributed by atoms with van der Waals surface area (Å²) in [5, 5.41) is 13.2. The number of rotatable bonds is 3. The molecule has 0 aliphatic heterocycles. The highest BCUT2D eigenvalue weighted by atomic mass is 32.2. The fourth-order valence-corrected chi connectivity index (χ4v) is 1.42. The predicted molar refractivity (Wildman–Crippen MR) is 43.0 cm³/mol. The van der Waals surface area contributed by atoms with Crippen LogP contribution in [0.4, 0.5) is 4.79 Å². The molecule has 0 saturated carbocycles. The van der Waals surface area contributed by atoms with Crippen LogP contribution in [0.25, 0.3) is 0 Å². The van der Waals surface area contributed by atoms with Crippen molar-refractivity contribution >= 4 is 16.1 Å². The Balaban J connectivity index is 4.46. The van der Waals surface area contributed by atoms with E-state index in [9.17, 15) is 13.2 Å². The molecule has 6 nitrogen and oxygen atoms in total. The van der Waals surface area contributed by atoms with Crippen molar-refractivity contribution in [2.75, 3.05) is 5.88 Å². The molecule has 0 spiro atoms. The van der Waals surface area contributed by atoms with Crippen molar-refractivity contribution in [1.82, 2.24) is 4.90 Å². The zero-order valence-electron chi connectivity index (χ0n) is 6.89. The van der Waals surface area contributed by atoms with Gasteiger partial charge in [-0.25, -0.2) is 18.4 Å². The lowest BCUT2D eigenvalue weighted by atomic mass is 10.4. The summed E-state index contributed by atoms with van der Waals surface area (Å²) in [6.45, 7) is 3.14. The monoisotopic (exact) mass is 196 g/mol. The molecule has 0 heterocycles. The SMILES string of the molecule is CC(C)N(CS(N)(=O)=O)C(=O)O. The summed E-state index contributed by atoms with van der Waals surface area (Å²) in [5.74, 6) is -0.667. The van der Waals surface area contributed by atoms with Gasteiger partial charge in [-0.3, -0.25) is 4.90 Å². The maximum atomic E-state index is 10.5. The van der Waals surface area contributed by atoms with Gasteiger partial charge >= 0.3 is 6.09 Å². The zero-order chi connectivity index (χ0) is 9.94. The molecule has 0 unspecified atom stereocenters. The highest BCUT2D eigenvalue weighted by Gasteiger charge is 2.20. The molecule has 0 radical (unpaired) electrons. The van der Waals surface area contributed by atoms with Gasteiger partial charge in [0.25, 0.3) is 0 Å². The maximum Gasteiger partial charge on any atom is 0.408 e. The second kappa shape index (κ2) is 3.72. The van der Waals surface area contributed by atoms with Gasteiger partial charge in [-0.1, -0.05) is 0 Å². The number of sulfonamides is 1. The zero-order valence-corrected chi connectivity index (χ0v) is 7.71. The summed E-state index contributed by atoms with van der Waals surface area (Å²) < 4.78 is 21.0. The standard InChI is InChI=1S/C5H12N2O4S/c1-4(2)7(5(8)9)3-12(6,10)11/h4H,3H2,1-2H3,(H,8,9)(H2,6,10,11). The molecular weight excluding hydrogens is 184 g/mol. The molecule has 0 aliphatic rings. The molecule has 0 bridgehead atoms. The second-order valence-corrected chi connectivity index (χ2v) is 4.22. The number of hydrogen-bond acceptors (Lipinski definition) is 3. The van der Waals surface area contributed by atoms with Gasteiger partial charge < -0.3 is 5.11 Å². The first kappa shape index (κ1) is 11.2. The number of nitrogens with two attached hydrogens (primary N) is 1. The Labute approximate surface area is 71.0 Å². The van der Waals surface area contributed by atoms with E-state index in [2.05, 4.69) is 5.14 Å². The molecule has 0 rings (SSSR count). The summed E-state index contributed by atoms with van der Waals surface area (Å²) in [6, 6.07) is -0.402. The molecule has 7 heteroatoms. The van der Waals surface area contributed by atoms with Crippen LogP contribution in [0.5, 0.6) is 0 Å². The number of hydrogen-bond donors (Lipinski definition) is 2. The third-order valence-electron chi connectivity index (χ3n) is 1.19. The van der Waals surface area contributed by atoms with Crippen molar-refractivity contribution in [1.29, 1.82) is 0 Å². The normalized spacial score (nSPS) is 11.7. The number of carboxylic acid groups (broad SMARTS) is 1. The van der Waals surface area contributed by atoms with Crippen molar-refractivity contribution in [2.24, 2.45) is 5.14 Å². The van der Waals surface area contributed by atoms with Crippen molar-refractivity contribution in [3.63, 3.8) is 0 Å². The third-order valence-corrected chi connectivity index (χ3v) is 1.83. The molecule has 0 saturated heterocycles. The Kier molecular flexibility index (Phi) is 3.47. The summed E-state index contributed by atoms with van der Waals surface area (Å²) in [6.07, 6.45) is -1.29. The van der Waals surface area contributed by atoms with Crippen LogP contribution < -0.4 is 5.14 Å². The van der Waals surface area contributed by atoms with Crippen molar-refractivity contribution < 1.29 is 18.3 Å². The second-order valence-electron chi connectivity index (χ2n) is 2.64. The molecule has 0 aromatic heterocycles. The van der Waals surface area contributed by atoms with Gasteiger partial charge in [-0.05, 0) is 13.8 Å². The van der Waals surface area contributed by atoms with E-state index in [0.717, 1.165) is 4.90 Å². The smallest absolute Gasteiger partial charge is 0.408 e. The number of carbonyl (C=O) groups is 1. The maximum absolute atomic E-state index is 10.5. The predicted octanol–water partition coefficient (Wildman–Crippen LogP) is -0.379. The van der Waals surface area contributed by atoms with Crippen molar-refractivity contribution in [3.05, 3.63) is 0 Å². The first-order chi connectivity index (χ1) is 5.24. The summed E-state index contributed by atoms with van der Waals surface area (Å²) in [5.41, 5.74) is 0. The molecule has 0 aromatic rings. The topological polar surface area (TPSA) is 101 Å². The number of amides is 1. The summed E-state index contributed by atoms with van der Waals surface area (Å²) in [7, 11) is -3.77. The van der Waals surface area contributed by atoms with Crippen molar-refractivity contribution in [3.8, 4) is 0 Å². The lowest BCUT2D eigenvalue weighted by molar-refractivity contribution is 0.141. The Bertz CT molecular complexity index is 259. The Morgan fingerprint density at radius 3 is 2.08 bits per heavy atom. The molecule has 0 aromatic carbocycles. The lowest BCUT2D eigenvalue weighted by Gasteiger charge is -2.21. The van der Waals surface area contributed by atoms with Crippen LogP contribution in [0, 0.1) is 0 Å². The fraction of sp³-hybridized carbons (Fsp3) is 0.800. The van der Waals surface area contributed by atoms with E-state index in [1.807, 2.05) is 0 Å². The van der Waals surface area contributed by atoms with Crippen LogP contribution in [-0.2, 0) is 10.0 Å². The van der Waals surface area contributed by atoms with Gasteiger partial charge in [0.1, 0.15) is 5.88 Å². The number of primary sulfonamides is 1. The quantitative estimate of drug-likeness (QED) is 0.642. The van der Waals surface area contributed by atoms with E-state index in [-0.39, 0.29) is 0 Å². The lowest BCUT2D eigenvalue weighted by Crippen LogP contribution is -2.41. The molecule has 12 heavy (non-hydrogen) atoms. The number of nitrogens with zero attached hydrogens (tertiary/aromatic N) is 1. The minimum Gasteiger partial charge on any atom is -0.465 e. The Morgan fingerprint density at radius 2 is 2.00 bits per heavy atom. The van der Waals surface area contributed by atoms with E-state index in [0.29, 0.717) is 0 Å². The van der Waals surface area contributed by atoms with Crippen LogP contribution in [0.1, 0.15) is 13.8 Å². The molecule has 1 amide bonds. The largest absolute Gasteiger partial charge is 0.465 e. The third kappa shape index (κ3) is 4.14. The average molecular weight is 196 g/mol. The molecular formula is C5H12N2O4S. The minimum atomic E-state index is -3.77. The van der Waals surface area contributed by atoms with Crippen LogP contribution >= 0.6 is 0 Å². The van der Waals surface area contributed by atoms with Gasteiger partial charge in [-0.2, -0.15) is 0 Å². The van der Waals surface area contributed by atoms with Crippen LogP contribution in [0.15, 0.2) is 0 Å². The van der Waals surface area contributed by atoms with E-state index >= 15 is 0 Å². The molecule has 0 fully saturated rings. The Hall–Kier alpha value is -0.820. The average Bonchev–Trinajstić information content (AvgIpc) is 1.79.